The first-order valence-electron chi connectivity index (χ1n) is 11.8. The van der Waals surface area contributed by atoms with Gasteiger partial charge in [-0.15, -0.1) is 0 Å². The summed E-state index contributed by atoms with van der Waals surface area (Å²) in [7, 11) is 0. The largest absolute Gasteiger partial charge is 0.491 e. The fourth-order valence-corrected chi connectivity index (χ4v) is 3.64. The molecule has 0 atom stereocenters. The summed E-state index contributed by atoms with van der Waals surface area (Å²) < 4.78 is 16.8. The van der Waals surface area contributed by atoms with Crippen molar-refractivity contribution in [1.82, 2.24) is 4.90 Å². The van der Waals surface area contributed by atoms with Gasteiger partial charge in [0.1, 0.15) is 17.2 Å². The van der Waals surface area contributed by atoms with E-state index in [1.165, 1.54) is 4.90 Å². The zero-order chi connectivity index (χ0) is 24.7. The number of carbonyl (C=O) groups is 2. The van der Waals surface area contributed by atoms with E-state index in [-0.39, 0.29) is 29.7 Å². The molecule has 1 heterocycles. The zero-order valence-corrected chi connectivity index (χ0v) is 20.6. The molecular formula is C27H34N2O5. The first-order valence-corrected chi connectivity index (χ1v) is 11.8. The second-order valence-electron chi connectivity index (χ2n) is 8.57. The van der Waals surface area contributed by atoms with E-state index in [1.807, 2.05) is 83.1 Å². The van der Waals surface area contributed by atoms with Crippen LogP contribution in [0.5, 0.6) is 11.5 Å². The molecule has 0 saturated carbocycles. The molecule has 0 unspecified atom stereocenters. The molecule has 1 N–H and O–H groups in total. The summed E-state index contributed by atoms with van der Waals surface area (Å²) in [4.78, 5) is 27.9. The van der Waals surface area contributed by atoms with E-state index in [9.17, 15) is 9.59 Å². The summed E-state index contributed by atoms with van der Waals surface area (Å²) in [5.41, 5.74) is 1.96. The number of nitrogens with one attached hydrogen (secondary N) is 1. The minimum Gasteiger partial charge on any atom is -0.491 e. The van der Waals surface area contributed by atoms with Crippen molar-refractivity contribution in [2.45, 2.75) is 53.2 Å². The summed E-state index contributed by atoms with van der Waals surface area (Å²) in [6.45, 7) is 11.1. The maximum Gasteiger partial charge on any atom is 0.278 e. The van der Waals surface area contributed by atoms with Crippen LogP contribution < -0.4 is 14.8 Å². The standard InChI is InChI=1S/C27H34N2O5/c1-6-32-17-7-16-29-26(30)24(20-8-12-22(13-9-20)33-18(2)3)25(27(29)31)28-21-10-14-23(15-11-21)34-19(4)5/h8-15,18-19,28H,6-7,16-17H2,1-5H3. The Morgan fingerprint density at radius 1 is 0.824 bits per heavy atom. The Labute approximate surface area is 201 Å². The van der Waals surface area contributed by atoms with Crippen LogP contribution in [-0.4, -0.2) is 48.7 Å². The van der Waals surface area contributed by atoms with Crippen LogP contribution in [0.15, 0.2) is 54.2 Å². The minimum atomic E-state index is -0.346. The molecule has 0 aliphatic carbocycles. The lowest BCUT2D eigenvalue weighted by atomic mass is 10.0. The Bertz CT molecular complexity index is 1010. The Hall–Kier alpha value is -3.32. The van der Waals surface area contributed by atoms with Crippen LogP contribution in [-0.2, 0) is 14.3 Å². The van der Waals surface area contributed by atoms with Gasteiger partial charge in [-0.2, -0.15) is 0 Å². The van der Waals surface area contributed by atoms with Gasteiger partial charge in [0.05, 0.1) is 17.8 Å². The van der Waals surface area contributed by atoms with E-state index in [0.29, 0.717) is 48.8 Å². The highest BCUT2D eigenvalue weighted by atomic mass is 16.5. The molecule has 3 rings (SSSR count). The number of nitrogens with zero attached hydrogens (tertiary/aromatic N) is 1. The average Bonchev–Trinajstić information content (AvgIpc) is 3.02. The molecular weight excluding hydrogens is 432 g/mol. The lowest BCUT2D eigenvalue weighted by Gasteiger charge is -2.15. The Balaban J connectivity index is 1.89. The predicted octanol–water partition coefficient (Wildman–Crippen LogP) is 4.88. The minimum absolute atomic E-state index is 0.0421. The molecule has 182 valence electrons. The predicted molar refractivity (Wildman–Crippen MR) is 133 cm³/mol. The molecule has 0 radical (unpaired) electrons. The van der Waals surface area contributed by atoms with E-state index < -0.39 is 0 Å². The third-order valence-electron chi connectivity index (χ3n) is 5.05. The van der Waals surface area contributed by atoms with Crippen LogP contribution >= 0.6 is 0 Å². The van der Waals surface area contributed by atoms with Gasteiger partial charge in [0, 0.05) is 25.4 Å². The fraction of sp³-hybridized carbons (Fsp3) is 0.407. The molecule has 1 aliphatic heterocycles. The summed E-state index contributed by atoms with van der Waals surface area (Å²) in [6.07, 6.45) is 0.685. The van der Waals surface area contributed by atoms with Crippen molar-refractivity contribution in [3.05, 3.63) is 59.8 Å². The second-order valence-corrected chi connectivity index (χ2v) is 8.57. The molecule has 1 aliphatic rings. The monoisotopic (exact) mass is 466 g/mol. The lowest BCUT2D eigenvalue weighted by molar-refractivity contribution is -0.137. The number of hydrogen-bond donors (Lipinski definition) is 1. The summed E-state index contributed by atoms with van der Waals surface area (Å²) in [5.74, 6) is 0.782. The van der Waals surface area contributed by atoms with Crippen LogP contribution in [0.1, 0.15) is 46.6 Å². The molecule has 0 aromatic heterocycles. The molecule has 0 fully saturated rings. The lowest BCUT2D eigenvalue weighted by Crippen LogP contribution is -2.34. The van der Waals surface area contributed by atoms with Crippen LogP contribution in [0.4, 0.5) is 5.69 Å². The maximum absolute atomic E-state index is 13.3. The number of benzene rings is 2. The number of hydrogen-bond acceptors (Lipinski definition) is 6. The van der Waals surface area contributed by atoms with Crippen molar-refractivity contribution in [3.8, 4) is 11.5 Å². The Kier molecular flexibility index (Phi) is 8.71. The molecule has 0 saturated heterocycles. The number of amides is 2. The molecule has 2 aromatic rings. The van der Waals surface area contributed by atoms with E-state index in [4.69, 9.17) is 14.2 Å². The van der Waals surface area contributed by atoms with Crippen molar-refractivity contribution >= 4 is 23.1 Å². The van der Waals surface area contributed by atoms with Crippen molar-refractivity contribution < 1.29 is 23.8 Å². The van der Waals surface area contributed by atoms with Gasteiger partial charge in [-0.3, -0.25) is 14.5 Å². The summed E-state index contributed by atoms with van der Waals surface area (Å²) in [6, 6.07) is 14.6. The second kappa shape index (κ2) is 11.7. The van der Waals surface area contributed by atoms with E-state index in [0.717, 1.165) is 5.75 Å². The first kappa shape index (κ1) is 25.3. The molecule has 34 heavy (non-hydrogen) atoms. The Morgan fingerprint density at radius 3 is 1.91 bits per heavy atom. The SMILES string of the molecule is CCOCCCN1C(=O)C(Nc2ccc(OC(C)C)cc2)=C(c2ccc(OC(C)C)cc2)C1=O. The van der Waals surface area contributed by atoms with Crippen LogP contribution in [0.2, 0.25) is 0 Å². The molecule has 0 bridgehead atoms. The highest BCUT2D eigenvalue weighted by molar-refractivity contribution is 6.36. The molecule has 0 spiro atoms. The van der Waals surface area contributed by atoms with Gasteiger partial charge in [-0.05, 0) is 83.0 Å². The van der Waals surface area contributed by atoms with E-state index in [1.54, 1.807) is 0 Å². The van der Waals surface area contributed by atoms with Gasteiger partial charge in [-0.1, -0.05) is 12.1 Å². The van der Waals surface area contributed by atoms with Gasteiger partial charge in [-0.25, -0.2) is 0 Å². The van der Waals surface area contributed by atoms with Gasteiger partial charge < -0.3 is 19.5 Å². The average molecular weight is 467 g/mol. The van der Waals surface area contributed by atoms with E-state index in [2.05, 4.69) is 5.32 Å². The number of rotatable bonds is 12. The smallest absolute Gasteiger partial charge is 0.278 e. The number of carbonyl (C=O) groups excluding carboxylic acids is 2. The molecule has 2 aromatic carbocycles. The molecule has 7 nitrogen and oxygen atoms in total. The topological polar surface area (TPSA) is 77.1 Å². The van der Waals surface area contributed by atoms with Crippen molar-refractivity contribution in [2.24, 2.45) is 0 Å². The van der Waals surface area contributed by atoms with Gasteiger partial charge in [0.25, 0.3) is 11.8 Å². The van der Waals surface area contributed by atoms with Crippen LogP contribution in [0, 0.1) is 0 Å². The normalized spacial score (nSPS) is 13.9. The fourth-order valence-electron chi connectivity index (χ4n) is 3.64. The number of ether oxygens (including phenoxy) is 3. The third kappa shape index (κ3) is 6.38. The number of imide groups is 1. The molecule has 2 amide bonds. The molecule has 7 heteroatoms. The van der Waals surface area contributed by atoms with E-state index >= 15 is 0 Å². The van der Waals surface area contributed by atoms with Crippen molar-refractivity contribution in [2.75, 3.05) is 25.1 Å². The zero-order valence-electron chi connectivity index (χ0n) is 20.6. The van der Waals surface area contributed by atoms with Crippen LogP contribution in [0.25, 0.3) is 5.57 Å². The summed E-state index contributed by atoms with van der Waals surface area (Å²) >= 11 is 0. The van der Waals surface area contributed by atoms with Crippen LogP contribution in [0.3, 0.4) is 0 Å². The van der Waals surface area contributed by atoms with Crippen molar-refractivity contribution in [3.63, 3.8) is 0 Å². The number of anilines is 1. The highest BCUT2D eigenvalue weighted by Crippen LogP contribution is 2.32. The van der Waals surface area contributed by atoms with Gasteiger partial charge >= 0.3 is 0 Å². The first-order chi connectivity index (χ1) is 16.3. The Morgan fingerprint density at radius 2 is 1.38 bits per heavy atom. The maximum atomic E-state index is 13.3. The quantitative estimate of drug-likeness (QED) is 0.355. The van der Waals surface area contributed by atoms with Crippen molar-refractivity contribution in [1.29, 1.82) is 0 Å². The van der Waals surface area contributed by atoms with Gasteiger partial charge in [0.15, 0.2) is 0 Å². The summed E-state index contributed by atoms with van der Waals surface area (Å²) in [5, 5.41) is 3.18. The third-order valence-corrected chi connectivity index (χ3v) is 5.05. The van der Waals surface area contributed by atoms with Gasteiger partial charge in [0.2, 0.25) is 0 Å². The highest BCUT2D eigenvalue weighted by Gasteiger charge is 2.38.